The summed E-state index contributed by atoms with van der Waals surface area (Å²) >= 11 is 0. The highest BCUT2D eigenvalue weighted by molar-refractivity contribution is 5.82. The van der Waals surface area contributed by atoms with Gasteiger partial charge in [0, 0.05) is 25.7 Å². The van der Waals surface area contributed by atoms with E-state index in [0.29, 0.717) is 18.4 Å². The van der Waals surface area contributed by atoms with Crippen molar-refractivity contribution in [1.29, 1.82) is 0 Å². The van der Waals surface area contributed by atoms with Crippen molar-refractivity contribution in [2.24, 2.45) is 5.92 Å². The third kappa shape index (κ3) is 2.99. The van der Waals surface area contributed by atoms with Gasteiger partial charge in [0.05, 0.1) is 6.04 Å². The molecule has 2 aliphatic rings. The largest absolute Gasteiger partial charge is 0.396 e. The molecule has 0 bridgehead atoms. The zero-order chi connectivity index (χ0) is 12.3. The van der Waals surface area contributed by atoms with Gasteiger partial charge in [-0.3, -0.25) is 9.69 Å². The summed E-state index contributed by atoms with van der Waals surface area (Å²) in [6, 6.07) is 0.436. The van der Waals surface area contributed by atoms with E-state index < -0.39 is 0 Å². The number of amides is 1. The lowest BCUT2D eigenvalue weighted by atomic mass is 10.1. The molecule has 0 aromatic heterocycles. The highest BCUT2D eigenvalue weighted by Gasteiger charge is 2.35. The van der Waals surface area contributed by atoms with Crippen LogP contribution in [0.3, 0.4) is 0 Å². The van der Waals surface area contributed by atoms with E-state index >= 15 is 0 Å². The number of nitrogens with zero attached hydrogens (tertiary/aromatic N) is 1. The average Bonchev–Trinajstić information content (AvgIpc) is 2.80. The SMILES string of the molecule is CC1CNC(=O)C(CCO)N(C2CCCC2)C1. The van der Waals surface area contributed by atoms with Gasteiger partial charge in [0.1, 0.15) is 0 Å². The van der Waals surface area contributed by atoms with Crippen molar-refractivity contribution in [3.63, 3.8) is 0 Å². The second-order valence-electron chi connectivity index (χ2n) is 5.51. The number of aliphatic hydroxyl groups excluding tert-OH is 1. The van der Waals surface area contributed by atoms with E-state index in [2.05, 4.69) is 17.1 Å². The standard InChI is InChI=1S/C13H24N2O2/c1-10-8-14-13(17)12(6-7-16)15(9-10)11-4-2-3-5-11/h10-12,16H,2-9H2,1H3,(H,14,17). The quantitative estimate of drug-likeness (QED) is 0.765. The van der Waals surface area contributed by atoms with Crippen molar-refractivity contribution in [2.75, 3.05) is 19.7 Å². The molecule has 17 heavy (non-hydrogen) atoms. The number of nitrogens with one attached hydrogen (secondary N) is 1. The van der Waals surface area contributed by atoms with E-state index in [1.54, 1.807) is 0 Å². The normalized spacial score (nSPS) is 32.5. The molecule has 1 aliphatic heterocycles. The summed E-state index contributed by atoms with van der Waals surface area (Å²) < 4.78 is 0. The van der Waals surface area contributed by atoms with Gasteiger partial charge in [-0.05, 0) is 25.2 Å². The molecule has 4 nitrogen and oxygen atoms in total. The number of carbonyl (C=O) groups is 1. The summed E-state index contributed by atoms with van der Waals surface area (Å²) in [5.74, 6) is 0.610. The maximum Gasteiger partial charge on any atom is 0.237 e. The van der Waals surface area contributed by atoms with Crippen molar-refractivity contribution >= 4 is 5.91 Å². The number of rotatable bonds is 3. The number of hydrogen-bond acceptors (Lipinski definition) is 3. The molecule has 2 rings (SSSR count). The van der Waals surface area contributed by atoms with Gasteiger partial charge in [0.2, 0.25) is 5.91 Å². The molecule has 4 heteroatoms. The summed E-state index contributed by atoms with van der Waals surface area (Å²) in [6.45, 7) is 4.03. The molecule has 0 aromatic carbocycles. The third-order valence-corrected chi connectivity index (χ3v) is 4.05. The molecular weight excluding hydrogens is 216 g/mol. The fraction of sp³-hybridized carbons (Fsp3) is 0.923. The highest BCUT2D eigenvalue weighted by Crippen LogP contribution is 2.27. The predicted molar refractivity (Wildman–Crippen MR) is 66.6 cm³/mol. The summed E-state index contributed by atoms with van der Waals surface area (Å²) in [5.41, 5.74) is 0. The van der Waals surface area contributed by atoms with E-state index in [9.17, 15) is 4.79 Å². The Kier molecular flexibility index (Phi) is 4.40. The molecule has 1 heterocycles. The predicted octanol–water partition coefficient (Wildman–Crippen LogP) is 0.748. The van der Waals surface area contributed by atoms with Gasteiger partial charge in [-0.2, -0.15) is 0 Å². The van der Waals surface area contributed by atoms with Gasteiger partial charge in [-0.1, -0.05) is 19.8 Å². The van der Waals surface area contributed by atoms with Crippen LogP contribution in [0.1, 0.15) is 39.0 Å². The van der Waals surface area contributed by atoms with Crippen LogP contribution in [0.4, 0.5) is 0 Å². The molecule has 2 unspecified atom stereocenters. The minimum Gasteiger partial charge on any atom is -0.396 e. The van der Waals surface area contributed by atoms with Crippen molar-refractivity contribution < 1.29 is 9.90 Å². The molecule has 1 amide bonds. The molecule has 1 saturated heterocycles. The van der Waals surface area contributed by atoms with Crippen molar-refractivity contribution in [3.05, 3.63) is 0 Å². The molecule has 0 radical (unpaired) electrons. The van der Waals surface area contributed by atoms with Gasteiger partial charge < -0.3 is 10.4 Å². The van der Waals surface area contributed by atoms with E-state index in [1.807, 2.05) is 0 Å². The van der Waals surface area contributed by atoms with Gasteiger partial charge in [0.25, 0.3) is 0 Å². The summed E-state index contributed by atoms with van der Waals surface area (Å²) in [4.78, 5) is 14.4. The second kappa shape index (κ2) is 5.83. The highest BCUT2D eigenvalue weighted by atomic mass is 16.3. The smallest absolute Gasteiger partial charge is 0.237 e. The first-order chi connectivity index (χ1) is 8.22. The van der Waals surface area contributed by atoms with E-state index in [1.165, 1.54) is 25.7 Å². The van der Waals surface area contributed by atoms with Crippen LogP contribution in [0.25, 0.3) is 0 Å². The van der Waals surface area contributed by atoms with Crippen LogP contribution in [0.15, 0.2) is 0 Å². The lowest BCUT2D eigenvalue weighted by Crippen LogP contribution is -2.49. The Morgan fingerprint density at radius 1 is 1.41 bits per heavy atom. The second-order valence-corrected chi connectivity index (χ2v) is 5.51. The molecule has 2 atom stereocenters. The Bertz CT molecular complexity index is 264. The third-order valence-electron chi connectivity index (χ3n) is 4.05. The monoisotopic (exact) mass is 240 g/mol. The van der Waals surface area contributed by atoms with E-state index in [-0.39, 0.29) is 18.6 Å². The zero-order valence-electron chi connectivity index (χ0n) is 10.7. The van der Waals surface area contributed by atoms with E-state index in [0.717, 1.165) is 13.1 Å². The molecule has 1 saturated carbocycles. The first-order valence-electron chi connectivity index (χ1n) is 6.86. The Morgan fingerprint density at radius 3 is 2.76 bits per heavy atom. The summed E-state index contributed by atoms with van der Waals surface area (Å²) in [6.07, 6.45) is 5.55. The van der Waals surface area contributed by atoms with Crippen LogP contribution in [-0.2, 0) is 4.79 Å². The molecule has 0 spiro atoms. The Hall–Kier alpha value is -0.610. The molecule has 2 N–H and O–H groups in total. The summed E-state index contributed by atoms with van der Waals surface area (Å²) in [5, 5.41) is 12.1. The number of aliphatic hydroxyl groups is 1. The molecular formula is C13H24N2O2. The van der Waals surface area contributed by atoms with Crippen molar-refractivity contribution in [3.8, 4) is 0 Å². The van der Waals surface area contributed by atoms with Crippen LogP contribution in [0, 0.1) is 5.92 Å². The molecule has 1 aliphatic carbocycles. The van der Waals surface area contributed by atoms with Gasteiger partial charge in [-0.25, -0.2) is 0 Å². The van der Waals surface area contributed by atoms with Crippen LogP contribution in [-0.4, -0.2) is 47.7 Å². The number of hydrogen-bond donors (Lipinski definition) is 2. The Morgan fingerprint density at radius 2 is 2.12 bits per heavy atom. The molecule has 2 fully saturated rings. The fourth-order valence-electron chi connectivity index (χ4n) is 3.15. The Balaban J connectivity index is 2.11. The van der Waals surface area contributed by atoms with Gasteiger partial charge >= 0.3 is 0 Å². The minimum atomic E-state index is -0.118. The molecule has 98 valence electrons. The topological polar surface area (TPSA) is 52.6 Å². The van der Waals surface area contributed by atoms with Crippen LogP contribution < -0.4 is 5.32 Å². The maximum atomic E-state index is 12.1. The van der Waals surface area contributed by atoms with Crippen LogP contribution >= 0.6 is 0 Å². The number of carbonyl (C=O) groups excluding carboxylic acids is 1. The van der Waals surface area contributed by atoms with E-state index in [4.69, 9.17) is 5.11 Å². The zero-order valence-corrected chi connectivity index (χ0v) is 10.7. The first-order valence-corrected chi connectivity index (χ1v) is 6.86. The lowest BCUT2D eigenvalue weighted by molar-refractivity contribution is -0.126. The first kappa shape index (κ1) is 12.8. The Labute approximate surface area is 103 Å². The van der Waals surface area contributed by atoms with Gasteiger partial charge in [0.15, 0.2) is 0 Å². The van der Waals surface area contributed by atoms with Crippen LogP contribution in [0.2, 0.25) is 0 Å². The minimum absolute atomic E-state index is 0.0929. The molecule has 0 aromatic rings. The van der Waals surface area contributed by atoms with Crippen molar-refractivity contribution in [1.82, 2.24) is 10.2 Å². The van der Waals surface area contributed by atoms with Crippen molar-refractivity contribution in [2.45, 2.75) is 51.1 Å². The summed E-state index contributed by atoms with van der Waals surface area (Å²) in [7, 11) is 0. The maximum absolute atomic E-state index is 12.1. The fourth-order valence-corrected chi connectivity index (χ4v) is 3.15. The van der Waals surface area contributed by atoms with Gasteiger partial charge in [-0.15, -0.1) is 0 Å². The van der Waals surface area contributed by atoms with Crippen LogP contribution in [0.5, 0.6) is 0 Å². The lowest BCUT2D eigenvalue weighted by Gasteiger charge is -2.34. The average molecular weight is 240 g/mol.